The second-order valence-electron chi connectivity index (χ2n) is 4.80. The molecule has 1 saturated heterocycles. The van der Waals surface area contributed by atoms with Gasteiger partial charge in [-0.05, 0) is 13.8 Å². The number of anilines is 1. The van der Waals surface area contributed by atoms with Crippen LogP contribution in [0.4, 0.5) is 11.5 Å². The third kappa shape index (κ3) is 3.27. The molecule has 114 valence electrons. The Hall–Kier alpha value is -2.22. The lowest BCUT2D eigenvalue weighted by Crippen LogP contribution is -2.47. The number of nitrogens with one attached hydrogen (secondary N) is 1. The summed E-state index contributed by atoms with van der Waals surface area (Å²) in [4.78, 5) is 28.6. The summed E-state index contributed by atoms with van der Waals surface area (Å²) in [5.41, 5.74) is 0.0284. The molecule has 0 radical (unpaired) electrons. The Kier molecular flexibility index (Phi) is 4.69. The maximum Gasteiger partial charge on any atom is 0.288 e. The van der Waals surface area contributed by atoms with Gasteiger partial charge in [-0.1, -0.05) is 0 Å². The van der Waals surface area contributed by atoms with Crippen LogP contribution in [-0.4, -0.2) is 53.1 Å². The number of pyridine rings is 1. The molecule has 2 heterocycles. The fourth-order valence-electron chi connectivity index (χ4n) is 2.21. The number of aromatic nitrogens is 1. The van der Waals surface area contributed by atoms with E-state index >= 15 is 0 Å². The molecule has 0 aliphatic carbocycles. The van der Waals surface area contributed by atoms with E-state index in [2.05, 4.69) is 10.3 Å². The standard InChI is InChI=1S/C13H18N4O4/c1-3-14-12-11(6-10(7-15-12)17(19)20)13(18)16-4-5-21-8-9(16)2/h6-7,9H,3-5,8H2,1-2H3,(H,14,15). The fourth-order valence-corrected chi connectivity index (χ4v) is 2.21. The van der Waals surface area contributed by atoms with Crippen molar-refractivity contribution in [2.75, 3.05) is 31.6 Å². The summed E-state index contributed by atoms with van der Waals surface area (Å²) in [6, 6.07) is 1.20. The zero-order valence-electron chi connectivity index (χ0n) is 12.0. The van der Waals surface area contributed by atoms with E-state index in [1.54, 1.807) is 4.90 Å². The van der Waals surface area contributed by atoms with Gasteiger partial charge in [-0.2, -0.15) is 0 Å². The summed E-state index contributed by atoms with van der Waals surface area (Å²) < 4.78 is 5.30. The van der Waals surface area contributed by atoms with E-state index in [1.165, 1.54) is 6.07 Å². The summed E-state index contributed by atoms with van der Waals surface area (Å²) >= 11 is 0. The minimum Gasteiger partial charge on any atom is -0.377 e. The van der Waals surface area contributed by atoms with Crippen LogP contribution >= 0.6 is 0 Å². The van der Waals surface area contributed by atoms with Gasteiger partial charge in [-0.3, -0.25) is 14.9 Å². The van der Waals surface area contributed by atoms with Crippen molar-refractivity contribution in [1.82, 2.24) is 9.88 Å². The van der Waals surface area contributed by atoms with E-state index in [0.29, 0.717) is 32.1 Å². The average molecular weight is 294 g/mol. The van der Waals surface area contributed by atoms with Crippen molar-refractivity contribution in [2.45, 2.75) is 19.9 Å². The molecule has 8 nitrogen and oxygen atoms in total. The number of nitro groups is 1. The smallest absolute Gasteiger partial charge is 0.288 e. The number of ether oxygens (including phenoxy) is 1. The minimum absolute atomic E-state index is 0.0695. The van der Waals surface area contributed by atoms with E-state index in [9.17, 15) is 14.9 Å². The van der Waals surface area contributed by atoms with Crippen molar-refractivity contribution in [3.8, 4) is 0 Å². The topological polar surface area (TPSA) is 97.6 Å². The zero-order valence-corrected chi connectivity index (χ0v) is 12.0. The highest BCUT2D eigenvalue weighted by molar-refractivity contribution is 5.99. The number of nitrogens with zero attached hydrogens (tertiary/aromatic N) is 3. The molecule has 1 fully saturated rings. The highest BCUT2D eigenvalue weighted by Crippen LogP contribution is 2.22. The number of amides is 1. The second kappa shape index (κ2) is 6.49. The van der Waals surface area contributed by atoms with Gasteiger partial charge >= 0.3 is 0 Å². The Labute approximate surface area is 122 Å². The molecule has 8 heteroatoms. The van der Waals surface area contributed by atoms with Crippen LogP contribution in [0, 0.1) is 10.1 Å². The van der Waals surface area contributed by atoms with Crippen LogP contribution in [0.1, 0.15) is 24.2 Å². The Morgan fingerprint density at radius 1 is 1.67 bits per heavy atom. The van der Waals surface area contributed by atoms with Gasteiger partial charge in [0.15, 0.2) is 0 Å². The molecule has 1 aliphatic rings. The summed E-state index contributed by atoms with van der Waals surface area (Å²) in [6.45, 7) is 5.72. The number of rotatable bonds is 4. The van der Waals surface area contributed by atoms with Crippen molar-refractivity contribution in [2.24, 2.45) is 0 Å². The van der Waals surface area contributed by atoms with Gasteiger partial charge in [0, 0.05) is 19.2 Å². The first-order valence-electron chi connectivity index (χ1n) is 6.81. The van der Waals surface area contributed by atoms with E-state index in [0.717, 1.165) is 6.20 Å². The van der Waals surface area contributed by atoms with E-state index in [1.807, 2.05) is 13.8 Å². The molecule has 1 atom stereocenters. The van der Waals surface area contributed by atoms with Crippen molar-refractivity contribution >= 4 is 17.4 Å². The number of carbonyl (C=O) groups is 1. The number of hydrogen-bond donors (Lipinski definition) is 1. The van der Waals surface area contributed by atoms with Gasteiger partial charge in [0.2, 0.25) is 0 Å². The van der Waals surface area contributed by atoms with Crippen LogP contribution < -0.4 is 5.32 Å². The van der Waals surface area contributed by atoms with Gasteiger partial charge in [0.1, 0.15) is 12.0 Å². The summed E-state index contributed by atoms with van der Waals surface area (Å²) in [6.07, 6.45) is 1.15. The van der Waals surface area contributed by atoms with Crippen LogP contribution in [0.15, 0.2) is 12.3 Å². The molecular formula is C13H18N4O4. The predicted octanol–water partition coefficient (Wildman–Crippen LogP) is 1.28. The highest BCUT2D eigenvalue weighted by atomic mass is 16.6. The number of morpholine rings is 1. The summed E-state index contributed by atoms with van der Waals surface area (Å²) in [5.74, 6) is 0.102. The quantitative estimate of drug-likeness (QED) is 0.663. The SMILES string of the molecule is CCNc1ncc([N+](=O)[O-])cc1C(=O)N1CCOCC1C. The van der Waals surface area contributed by atoms with E-state index in [-0.39, 0.29) is 23.2 Å². The largest absolute Gasteiger partial charge is 0.377 e. The summed E-state index contributed by atoms with van der Waals surface area (Å²) in [5, 5.41) is 13.9. The molecule has 0 aromatic carbocycles. The molecule has 21 heavy (non-hydrogen) atoms. The van der Waals surface area contributed by atoms with E-state index < -0.39 is 4.92 Å². The molecule has 1 amide bonds. The Balaban J connectivity index is 2.36. The summed E-state index contributed by atoms with van der Waals surface area (Å²) in [7, 11) is 0. The van der Waals surface area contributed by atoms with Crippen LogP contribution in [0.3, 0.4) is 0 Å². The molecular weight excluding hydrogens is 276 g/mol. The lowest BCUT2D eigenvalue weighted by atomic mass is 10.1. The molecule has 2 rings (SSSR count). The lowest BCUT2D eigenvalue weighted by molar-refractivity contribution is -0.385. The van der Waals surface area contributed by atoms with Crippen LogP contribution in [0.5, 0.6) is 0 Å². The van der Waals surface area contributed by atoms with Crippen molar-refractivity contribution < 1.29 is 14.5 Å². The van der Waals surface area contributed by atoms with Gasteiger partial charge in [0.05, 0.1) is 29.7 Å². The molecule has 1 unspecified atom stereocenters. The normalized spacial score (nSPS) is 18.4. The van der Waals surface area contributed by atoms with Gasteiger partial charge in [-0.25, -0.2) is 4.98 Å². The minimum atomic E-state index is -0.553. The second-order valence-corrected chi connectivity index (χ2v) is 4.80. The Morgan fingerprint density at radius 3 is 3.05 bits per heavy atom. The van der Waals surface area contributed by atoms with Gasteiger partial charge in [0.25, 0.3) is 11.6 Å². The highest BCUT2D eigenvalue weighted by Gasteiger charge is 2.28. The van der Waals surface area contributed by atoms with E-state index in [4.69, 9.17) is 4.74 Å². The Bertz CT molecular complexity index is 549. The fraction of sp³-hybridized carbons (Fsp3) is 0.538. The van der Waals surface area contributed by atoms with Crippen LogP contribution in [-0.2, 0) is 4.74 Å². The first-order valence-corrected chi connectivity index (χ1v) is 6.81. The number of hydrogen-bond acceptors (Lipinski definition) is 6. The zero-order chi connectivity index (χ0) is 15.4. The molecule has 1 aromatic rings. The first-order chi connectivity index (χ1) is 10.0. The first kappa shape index (κ1) is 15.2. The third-order valence-corrected chi connectivity index (χ3v) is 3.29. The number of carbonyl (C=O) groups excluding carboxylic acids is 1. The molecule has 0 saturated carbocycles. The van der Waals surface area contributed by atoms with Gasteiger partial charge < -0.3 is 15.0 Å². The third-order valence-electron chi connectivity index (χ3n) is 3.29. The van der Waals surface area contributed by atoms with Crippen molar-refractivity contribution in [3.05, 3.63) is 27.9 Å². The van der Waals surface area contributed by atoms with Crippen molar-refractivity contribution in [1.29, 1.82) is 0 Å². The molecule has 1 aliphatic heterocycles. The molecule has 0 spiro atoms. The monoisotopic (exact) mass is 294 g/mol. The maximum absolute atomic E-state index is 12.6. The Morgan fingerprint density at radius 2 is 2.43 bits per heavy atom. The average Bonchev–Trinajstić information content (AvgIpc) is 2.47. The van der Waals surface area contributed by atoms with Crippen molar-refractivity contribution in [3.63, 3.8) is 0 Å². The molecule has 0 bridgehead atoms. The van der Waals surface area contributed by atoms with Crippen LogP contribution in [0.2, 0.25) is 0 Å². The van der Waals surface area contributed by atoms with Gasteiger partial charge in [-0.15, -0.1) is 0 Å². The molecule has 1 N–H and O–H groups in total. The molecule has 1 aromatic heterocycles. The predicted molar refractivity (Wildman–Crippen MR) is 76.4 cm³/mol. The van der Waals surface area contributed by atoms with Crippen LogP contribution in [0.25, 0.3) is 0 Å². The lowest BCUT2D eigenvalue weighted by Gasteiger charge is -2.33. The maximum atomic E-state index is 12.6.